The fourth-order valence-corrected chi connectivity index (χ4v) is 3.57. The number of allylic oxidation sites excluding steroid dienone is 1. The van der Waals surface area contributed by atoms with Gasteiger partial charge >= 0.3 is 0 Å². The molecule has 150 valence electrons. The van der Waals surface area contributed by atoms with E-state index < -0.39 is 0 Å². The molecule has 1 aliphatic heterocycles. The number of rotatable bonds is 4. The summed E-state index contributed by atoms with van der Waals surface area (Å²) in [7, 11) is 0. The van der Waals surface area contributed by atoms with Crippen molar-refractivity contribution in [3.05, 3.63) is 59.3 Å². The van der Waals surface area contributed by atoms with E-state index in [1.54, 1.807) is 30.2 Å². The predicted molar refractivity (Wildman–Crippen MR) is 114 cm³/mol. The van der Waals surface area contributed by atoms with Crippen LogP contribution in [-0.4, -0.2) is 25.7 Å². The van der Waals surface area contributed by atoms with Gasteiger partial charge in [0, 0.05) is 41.0 Å². The van der Waals surface area contributed by atoms with Crippen LogP contribution in [0, 0.1) is 25.2 Å². The number of hydrogen-bond donors (Lipinski definition) is 2. The summed E-state index contributed by atoms with van der Waals surface area (Å²) in [6, 6.07) is 7.48. The van der Waals surface area contributed by atoms with E-state index in [-0.39, 0.29) is 11.9 Å². The molecule has 30 heavy (non-hydrogen) atoms. The van der Waals surface area contributed by atoms with Crippen LogP contribution in [0.3, 0.4) is 0 Å². The first-order valence-corrected chi connectivity index (χ1v) is 9.55. The Morgan fingerprint density at radius 2 is 2.07 bits per heavy atom. The van der Waals surface area contributed by atoms with Crippen molar-refractivity contribution in [2.45, 2.75) is 33.7 Å². The van der Waals surface area contributed by atoms with Crippen molar-refractivity contribution < 1.29 is 4.79 Å². The number of aryl methyl sites for hydroxylation is 2. The van der Waals surface area contributed by atoms with E-state index in [4.69, 9.17) is 5.26 Å². The molecule has 0 spiro atoms. The molecule has 8 nitrogen and oxygen atoms in total. The van der Waals surface area contributed by atoms with E-state index >= 15 is 0 Å². The maximum atomic E-state index is 12.7. The van der Waals surface area contributed by atoms with Gasteiger partial charge in [-0.25, -0.2) is 0 Å². The van der Waals surface area contributed by atoms with E-state index in [0.29, 0.717) is 22.8 Å². The third kappa shape index (κ3) is 3.31. The summed E-state index contributed by atoms with van der Waals surface area (Å²) < 4.78 is 1.65. The number of pyridine rings is 2. The molecule has 0 bridgehead atoms. The first-order chi connectivity index (χ1) is 14.4. The summed E-state index contributed by atoms with van der Waals surface area (Å²) in [6.45, 7) is 7.51. The molecule has 4 rings (SSSR count). The quantitative estimate of drug-likeness (QED) is 0.645. The average molecular weight is 399 g/mol. The van der Waals surface area contributed by atoms with Crippen molar-refractivity contribution >= 4 is 23.0 Å². The molecule has 8 heteroatoms. The number of nitriles is 1. The van der Waals surface area contributed by atoms with E-state index in [1.165, 1.54) is 0 Å². The average Bonchev–Trinajstić information content (AvgIpc) is 3.25. The summed E-state index contributed by atoms with van der Waals surface area (Å²) in [4.78, 5) is 21.4. The van der Waals surface area contributed by atoms with Gasteiger partial charge in [-0.2, -0.15) is 10.4 Å². The Kier molecular flexibility index (Phi) is 4.80. The number of nitrogens with zero attached hydrogens (tertiary/aromatic N) is 5. The lowest BCUT2D eigenvalue weighted by molar-refractivity contribution is -0.110. The van der Waals surface area contributed by atoms with Gasteiger partial charge in [0.1, 0.15) is 6.04 Å². The van der Waals surface area contributed by atoms with Gasteiger partial charge in [-0.1, -0.05) is 0 Å². The molecule has 1 aliphatic rings. The zero-order valence-corrected chi connectivity index (χ0v) is 17.2. The third-order valence-electron chi connectivity index (χ3n) is 5.13. The molecular formula is C22H21N7O. The lowest BCUT2D eigenvalue weighted by Gasteiger charge is -2.09. The molecular weight excluding hydrogens is 378 g/mol. The lowest BCUT2D eigenvalue weighted by Crippen LogP contribution is -2.10. The summed E-state index contributed by atoms with van der Waals surface area (Å²) >= 11 is 0. The molecule has 1 atom stereocenters. The lowest BCUT2D eigenvalue weighted by atomic mass is 10.0. The van der Waals surface area contributed by atoms with Crippen molar-refractivity contribution in [2.24, 2.45) is 0 Å². The topological polar surface area (TPSA) is 109 Å². The van der Waals surface area contributed by atoms with Crippen LogP contribution in [0.1, 0.15) is 36.7 Å². The van der Waals surface area contributed by atoms with Crippen molar-refractivity contribution in [1.29, 1.82) is 5.26 Å². The molecule has 0 saturated heterocycles. The molecule has 0 aromatic carbocycles. The van der Waals surface area contributed by atoms with Crippen LogP contribution in [0.2, 0.25) is 0 Å². The van der Waals surface area contributed by atoms with E-state index in [0.717, 1.165) is 28.1 Å². The number of nitrogens with one attached hydrogen (secondary N) is 2. The fraction of sp³-hybridized carbons (Fsp3) is 0.227. The molecule has 0 aliphatic carbocycles. The second kappa shape index (κ2) is 7.44. The van der Waals surface area contributed by atoms with E-state index in [9.17, 15) is 4.79 Å². The molecule has 1 amide bonds. The second-order valence-electron chi connectivity index (χ2n) is 7.31. The number of anilines is 2. The van der Waals surface area contributed by atoms with Gasteiger partial charge in [-0.15, -0.1) is 0 Å². The molecule has 3 aromatic rings. The van der Waals surface area contributed by atoms with Gasteiger partial charge < -0.3 is 10.6 Å². The largest absolute Gasteiger partial charge is 0.342 e. The van der Waals surface area contributed by atoms with Gasteiger partial charge in [0.25, 0.3) is 5.91 Å². The minimum absolute atomic E-state index is 0.196. The predicted octanol–water partition coefficient (Wildman–Crippen LogP) is 3.84. The third-order valence-corrected chi connectivity index (χ3v) is 5.13. The van der Waals surface area contributed by atoms with E-state index in [1.807, 2.05) is 39.0 Å². The van der Waals surface area contributed by atoms with Crippen molar-refractivity contribution in [1.82, 2.24) is 19.7 Å². The van der Waals surface area contributed by atoms with Crippen LogP contribution in [0.5, 0.6) is 0 Å². The number of amides is 1. The number of carbonyl (C=O) groups excluding carboxylic acids is 1. The molecule has 3 aromatic heterocycles. The minimum Gasteiger partial charge on any atom is -0.342 e. The number of hydrogen-bond acceptors (Lipinski definition) is 6. The van der Waals surface area contributed by atoms with Gasteiger partial charge in [0.2, 0.25) is 0 Å². The Morgan fingerprint density at radius 3 is 2.80 bits per heavy atom. The van der Waals surface area contributed by atoms with Gasteiger partial charge in [-0.3, -0.25) is 19.4 Å². The van der Waals surface area contributed by atoms with Crippen molar-refractivity contribution in [3.63, 3.8) is 0 Å². The zero-order valence-electron chi connectivity index (χ0n) is 17.2. The van der Waals surface area contributed by atoms with Crippen LogP contribution in [0.15, 0.2) is 42.5 Å². The molecule has 0 radical (unpaired) electrons. The SMILES string of the molecule is CC(Nc1cc(C)n(C(C)C#N)n1)=C1C(=O)Nc2cnc(-c3cnccc3C)cc21. The second-order valence-corrected chi connectivity index (χ2v) is 7.31. The smallest absolute Gasteiger partial charge is 0.258 e. The first-order valence-electron chi connectivity index (χ1n) is 9.55. The Hall–Kier alpha value is -3.99. The van der Waals surface area contributed by atoms with Crippen LogP contribution >= 0.6 is 0 Å². The zero-order chi connectivity index (χ0) is 21.4. The summed E-state index contributed by atoms with van der Waals surface area (Å²) in [5, 5.41) is 19.7. The highest BCUT2D eigenvalue weighted by Gasteiger charge is 2.28. The van der Waals surface area contributed by atoms with Crippen LogP contribution in [0.4, 0.5) is 11.5 Å². The summed E-state index contributed by atoms with van der Waals surface area (Å²) in [5.74, 6) is 0.386. The Morgan fingerprint density at radius 1 is 1.27 bits per heavy atom. The van der Waals surface area contributed by atoms with Crippen LogP contribution < -0.4 is 10.6 Å². The number of fused-ring (bicyclic) bond motifs is 1. The highest BCUT2D eigenvalue weighted by Crippen LogP contribution is 2.36. The first kappa shape index (κ1) is 19.3. The highest BCUT2D eigenvalue weighted by molar-refractivity contribution is 6.32. The van der Waals surface area contributed by atoms with Crippen molar-refractivity contribution in [2.75, 3.05) is 10.6 Å². The summed E-state index contributed by atoms with van der Waals surface area (Å²) in [6.07, 6.45) is 5.18. The fourth-order valence-electron chi connectivity index (χ4n) is 3.57. The Balaban J connectivity index is 1.73. The van der Waals surface area contributed by atoms with Gasteiger partial charge in [-0.05, 0) is 45.4 Å². The Bertz CT molecular complexity index is 1230. The number of carbonyl (C=O) groups is 1. The number of aromatic nitrogens is 4. The molecule has 1 unspecified atom stereocenters. The maximum Gasteiger partial charge on any atom is 0.258 e. The van der Waals surface area contributed by atoms with Gasteiger partial charge in [0.15, 0.2) is 5.82 Å². The maximum absolute atomic E-state index is 12.7. The Labute approximate surface area is 174 Å². The molecule has 0 saturated carbocycles. The monoisotopic (exact) mass is 399 g/mol. The van der Waals surface area contributed by atoms with Crippen molar-refractivity contribution in [3.8, 4) is 17.3 Å². The normalized spacial score (nSPS) is 15.2. The van der Waals surface area contributed by atoms with E-state index in [2.05, 4.69) is 31.8 Å². The molecule has 2 N–H and O–H groups in total. The van der Waals surface area contributed by atoms with Crippen LogP contribution in [0.25, 0.3) is 16.8 Å². The van der Waals surface area contributed by atoms with Gasteiger partial charge in [0.05, 0.1) is 29.2 Å². The highest BCUT2D eigenvalue weighted by atomic mass is 16.2. The van der Waals surface area contributed by atoms with Crippen LogP contribution in [-0.2, 0) is 4.79 Å². The molecule has 0 fully saturated rings. The standard InChI is InChI=1S/C22H21N7O/c1-12-5-6-24-10-17(12)18-8-16-19(11-25-18)27-22(30)21(16)15(4)26-20-7-13(2)29(28-20)14(3)9-23/h5-8,10-11,14H,1-4H3,(H,26,28)(H,27,30). The minimum atomic E-state index is -0.375. The summed E-state index contributed by atoms with van der Waals surface area (Å²) in [5.41, 5.74) is 6.24. The molecule has 4 heterocycles.